The summed E-state index contributed by atoms with van der Waals surface area (Å²) in [7, 11) is -1.86. The van der Waals surface area contributed by atoms with Crippen molar-refractivity contribution in [2.75, 3.05) is 20.2 Å². The molecule has 2 rings (SSSR count). The number of nitrogens with two attached hydrogens (primary N) is 1. The van der Waals surface area contributed by atoms with E-state index in [1.165, 1.54) is 4.31 Å². The highest BCUT2D eigenvalue weighted by molar-refractivity contribution is 7.89. The number of nitrogens with zero attached hydrogens (tertiary/aromatic N) is 1. The average Bonchev–Trinajstić information content (AvgIpc) is 2.91. The van der Waals surface area contributed by atoms with Gasteiger partial charge in [0.05, 0.1) is 11.5 Å². The number of halogens is 1. The smallest absolute Gasteiger partial charge is 0.242 e. The Kier molecular flexibility index (Phi) is 6.67. The lowest BCUT2D eigenvalue weighted by atomic mass is 10.0. The summed E-state index contributed by atoms with van der Waals surface area (Å²) in [5, 5.41) is 0. The van der Waals surface area contributed by atoms with Crippen LogP contribution in [-0.2, 0) is 16.4 Å². The molecule has 1 aromatic carbocycles. The fraction of sp³-hybridized carbons (Fsp3) is 0.600. The molecule has 1 atom stereocenters. The lowest BCUT2D eigenvalue weighted by Crippen LogP contribution is -2.34. The van der Waals surface area contributed by atoms with E-state index in [0.29, 0.717) is 30.4 Å². The van der Waals surface area contributed by atoms with E-state index in [9.17, 15) is 8.42 Å². The second-order valence-electron chi connectivity index (χ2n) is 5.89. The maximum Gasteiger partial charge on any atom is 0.242 e. The molecule has 5 nitrogen and oxygen atoms in total. The molecule has 1 unspecified atom stereocenters. The topological polar surface area (TPSA) is 72.6 Å². The molecule has 0 saturated carbocycles. The van der Waals surface area contributed by atoms with Crippen LogP contribution in [0.1, 0.15) is 25.8 Å². The quantitative estimate of drug-likeness (QED) is 0.853. The molecule has 1 aromatic rings. The van der Waals surface area contributed by atoms with Crippen LogP contribution in [0.3, 0.4) is 0 Å². The van der Waals surface area contributed by atoms with Gasteiger partial charge in [-0.1, -0.05) is 13.8 Å². The Bertz CT molecular complexity index is 605. The second-order valence-corrected chi connectivity index (χ2v) is 7.94. The van der Waals surface area contributed by atoms with Crippen LogP contribution < -0.4 is 10.5 Å². The number of ether oxygens (including phenoxy) is 1. The Morgan fingerprint density at radius 2 is 2.05 bits per heavy atom. The van der Waals surface area contributed by atoms with E-state index in [2.05, 4.69) is 0 Å². The van der Waals surface area contributed by atoms with Gasteiger partial charge in [-0.2, -0.15) is 0 Å². The number of sulfonamides is 1. The SMILES string of the molecule is CC(C)C(N)CCN(C)S(=O)(=O)c1ccc2c(c1)CCO2.Cl. The molecular weight excluding hydrogens is 324 g/mol. The number of fused-ring (bicyclic) bond motifs is 1. The van der Waals surface area contributed by atoms with E-state index in [1.807, 2.05) is 13.8 Å². The van der Waals surface area contributed by atoms with E-state index >= 15 is 0 Å². The standard InChI is InChI=1S/C15H24N2O3S.ClH/c1-11(2)14(16)6-8-17(3)21(18,19)13-4-5-15-12(10-13)7-9-20-15;/h4-5,10-11,14H,6-9,16H2,1-3H3;1H. The van der Waals surface area contributed by atoms with E-state index in [0.717, 1.165) is 17.7 Å². The van der Waals surface area contributed by atoms with Crippen molar-refractivity contribution in [2.45, 2.75) is 37.6 Å². The van der Waals surface area contributed by atoms with Gasteiger partial charge in [-0.3, -0.25) is 0 Å². The molecule has 126 valence electrons. The maximum absolute atomic E-state index is 12.6. The van der Waals surface area contributed by atoms with E-state index in [4.69, 9.17) is 10.5 Å². The molecule has 7 heteroatoms. The predicted octanol–water partition coefficient (Wildman–Crippen LogP) is 2.04. The fourth-order valence-corrected chi connectivity index (χ4v) is 3.52. The highest BCUT2D eigenvalue weighted by Crippen LogP contribution is 2.28. The normalized spacial score (nSPS) is 15.4. The van der Waals surface area contributed by atoms with Crippen LogP contribution >= 0.6 is 12.4 Å². The van der Waals surface area contributed by atoms with E-state index in [-0.39, 0.29) is 18.4 Å². The van der Waals surface area contributed by atoms with Crippen molar-refractivity contribution in [2.24, 2.45) is 11.7 Å². The summed E-state index contributed by atoms with van der Waals surface area (Å²) in [6.45, 7) is 5.13. The third-order valence-corrected chi connectivity index (χ3v) is 5.86. The van der Waals surface area contributed by atoms with E-state index in [1.54, 1.807) is 25.2 Å². The Hall–Kier alpha value is -0.820. The second kappa shape index (κ2) is 7.64. The minimum Gasteiger partial charge on any atom is -0.493 e. The van der Waals surface area contributed by atoms with Gasteiger partial charge in [-0.15, -0.1) is 12.4 Å². The summed E-state index contributed by atoms with van der Waals surface area (Å²) < 4.78 is 31.9. The molecule has 0 fully saturated rings. The first kappa shape index (κ1) is 19.2. The molecule has 0 aliphatic carbocycles. The highest BCUT2D eigenvalue weighted by atomic mass is 35.5. The molecule has 1 aliphatic rings. The van der Waals surface area contributed by atoms with Gasteiger partial charge in [0, 0.05) is 26.1 Å². The third-order valence-electron chi connectivity index (χ3n) is 4.00. The first-order valence-electron chi connectivity index (χ1n) is 7.30. The van der Waals surface area contributed by atoms with Crippen LogP contribution in [0.25, 0.3) is 0 Å². The van der Waals surface area contributed by atoms with Crippen molar-refractivity contribution >= 4 is 22.4 Å². The lowest BCUT2D eigenvalue weighted by molar-refractivity contribution is 0.356. The Balaban J connectivity index is 0.00000242. The Morgan fingerprint density at radius 1 is 1.36 bits per heavy atom. The number of hydrogen-bond donors (Lipinski definition) is 1. The largest absolute Gasteiger partial charge is 0.493 e. The predicted molar refractivity (Wildman–Crippen MR) is 90.1 cm³/mol. The maximum atomic E-state index is 12.6. The lowest BCUT2D eigenvalue weighted by Gasteiger charge is -2.21. The van der Waals surface area contributed by atoms with Crippen molar-refractivity contribution in [3.63, 3.8) is 0 Å². The first-order valence-corrected chi connectivity index (χ1v) is 8.74. The molecule has 22 heavy (non-hydrogen) atoms. The summed E-state index contributed by atoms with van der Waals surface area (Å²) in [5.74, 6) is 1.14. The molecule has 0 saturated heterocycles. The van der Waals surface area contributed by atoms with Crippen LogP contribution in [0.4, 0.5) is 0 Å². The Labute approximate surface area is 139 Å². The molecule has 1 heterocycles. The summed E-state index contributed by atoms with van der Waals surface area (Å²) in [4.78, 5) is 0.326. The molecule has 0 bridgehead atoms. The van der Waals surface area contributed by atoms with E-state index < -0.39 is 10.0 Å². The van der Waals surface area contributed by atoms with Gasteiger partial charge < -0.3 is 10.5 Å². The van der Waals surface area contributed by atoms with Gasteiger partial charge in [0.25, 0.3) is 0 Å². The zero-order valence-corrected chi connectivity index (χ0v) is 14.9. The van der Waals surface area contributed by atoms with Crippen molar-refractivity contribution in [1.29, 1.82) is 0 Å². The molecule has 0 amide bonds. The number of hydrogen-bond acceptors (Lipinski definition) is 4. The molecule has 1 aliphatic heterocycles. The van der Waals surface area contributed by atoms with Gasteiger partial charge >= 0.3 is 0 Å². The summed E-state index contributed by atoms with van der Waals surface area (Å²) >= 11 is 0. The summed E-state index contributed by atoms with van der Waals surface area (Å²) in [6.07, 6.45) is 1.42. The molecule has 0 radical (unpaired) electrons. The molecule has 0 aromatic heterocycles. The van der Waals surface area contributed by atoms with Crippen LogP contribution in [0.5, 0.6) is 5.75 Å². The Morgan fingerprint density at radius 3 is 2.68 bits per heavy atom. The first-order chi connectivity index (χ1) is 9.82. The highest BCUT2D eigenvalue weighted by Gasteiger charge is 2.24. The molecule has 2 N–H and O–H groups in total. The van der Waals surface area contributed by atoms with Crippen LogP contribution in [0, 0.1) is 5.92 Å². The van der Waals surface area contributed by atoms with Gasteiger partial charge in [-0.25, -0.2) is 12.7 Å². The monoisotopic (exact) mass is 348 g/mol. The zero-order chi connectivity index (χ0) is 15.6. The number of benzene rings is 1. The minimum atomic E-state index is -3.46. The van der Waals surface area contributed by atoms with Crippen LogP contribution in [-0.4, -0.2) is 39.0 Å². The summed E-state index contributed by atoms with van der Waals surface area (Å²) in [6, 6.07) is 5.08. The van der Waals surface area contributed by atoms with Gasteiger partial charge in [-0.05, 0) is 36.1 Å². The van der Waals surface area contributed by atoms with Crippen molar-refractivity contribution in [3.8, 4) is 5.75 Å². The summed E-state index contributed by atoms with van der Waals surface area (Å²) in [5.41, 5.74) is 6.94. The fourth-order valence-electron chi connectivity index (χ4n) is 2.29. The number of rotatable bonds is 6. The third kappa shape index (κ3) is 4.13. The van der Waals surface area contributed by atoms with Gasteiger partial charge in [0.1, 0.15) is 5.75 Å². The average molecular weight is 349 g/mol. The van der Waals surface area contributed by atoms with Crippen molar-refractivity contribution in [3.05, 3.63) is 23.8 Å². The zero-order valence-electron chi connectivity index (χ0n) is 13.3. The van der Waals surface area contributed by atoms with Gasteiger partial charge in [0.15, 0.2) is 0 Å². The van der Waals surface area contributed by atoms with Crippen molar-refractivity contribution < 1.29 is 13.2 Å². The molecular formula is C15H25ClN2O3S. The van der Waals surface area contributed by atoms with Gasteiger partial charge in [0.2, 0.25) is 10.0 Å². The van der Waals surface area contributed by atoms with Crippen LogP contribution in [0.2, 0.25) is 0 Å². The molecule has 0 spiro atoms. The van der Waals surface area contributed by atoms with Crippen molar-refractivity contribution in [1.82, 2.24) is 4.31 Å². The van der Waals surface area contributed by atoms with Crippen LogP contribution in [0.15, 0.2) is 23.1 Å². The minimum absolute atomic E-state index is 0.